The highest BCUT2D eigenvalue weighted by Crippen LogP contribution is 2.22. The van der Waals surface area contributed by atoms with Crippen LogP contribution in [0.5, 0.6) is 11.5 Å². The van der Waals surface area contributed by atoms with Crippen molar-refractivity contribution in [1.29, 1.82) is 0 Å². The van der Waals surface area contributed by atoms with E-state index in [0.29, 0.717) is 23.6 Å². The van der Waals surface area contributed by atoms with Gasteiger partial charge < -0.3 is 14.8 Å². The third-order valence-electron chi connectivity index (χ3n) is 3.90. The van der Waals surface area contributed by atoms with Crippen LogP contribution < -0.4 is 14.8 Å². The Labute approximate surface area is 151 Å². The topological polar surface area (TPSA) is 78.3 Å². The van der Waals surface area contributed by atoms with Gasteiger partial charge in [-0.3, -0.25) is 14.5 Å². The predicted octanol–water partition coefficient (Wildman–Crippen LogP) is 2.43. The number of ether oxygens (including phenoxy) is 2. The number of methoxy groups -OCH3 is 2. The van der Waals surface area contributed by atoms with E-state index in [4.69, 9.17) is 9.47 Å². The van der Waals surface area contributed by atoms with E-state index in [0.717, 1.165) is 17.1 Å². The second kappa shape index (κ2) is 7.69. The summed E-state index contributed by atoms with van der Waals surface area (Å²) in [6.07, 6.45) is 1.74. The lowest BCUT2D eigenvalue weighted by atomic mass is 10.2. The summed E-state index contributed by atoms with van der Waals surface area (Å²) in [5.74, 6) is 0.891. The Morgan fingerprint density at radius 3 is 2.46 bits per heavy atom. The van der Waals surface area contributed by atoms with Gasteiger partial charge in [-0.1, -0.05) is 6.07 Å². The molecular formula is C19H20N4O3. The minimum absolute atomic E-state index is 0.229. The quantitative estimate of drug-likeness (QED) is 0.737. The van der Waals surface area contributed by atoms with Crippen LogP contribution in [-0.4, -0.2) is 34.9 Å². The molecule has 0 unspecified atom stereocenters. The summed E-state index contributed by atoms with van der Waals surface area (Å²) in [5.41, 5.74) is 2.92. The molecule has 3 aromatic rings. The van der Waals surface area contributed by atoms with E-state index in [-0.39, 0.29) is 5.91 Å². The van der Waals surface area contributed by atoms with Crippen molar-refractivity contribution in [3.8, 4) is 22.9 Å². The van der Waals surface area contributed by atoms with Crippen molar-refractivity contribution in [2.24, 2.45) is 7.05 Å². The first-order chi connectivity index (χ1) is 12.6. The van der Waals surface area contributed by atoms with E-state index >= 15 is 0 Å². The molecule has 0 aliphatic rings. The van der Waals surface area contributed by atoms with E-state index in [2.05, 4.69) is 15.4 Å². The van der Waals surface area contributed by atoms with Crippen molar-refractivity contribution < 1.29 is 14.3 Å². The number of rotatable bonds is 6. The Bertz CT molecular complexity index is 884. The summed E-state index contributed by atoms with van der Waals surface area (Å²) in [5, 5.41) is 7.30. The molecule has 0 saturated heterocycles. The van der Waals surface area contributed by atoms with Crippen LogP contribution in [0.25, 0.3) is 11.4 Å². The lowest BCUT2D eigenvalue weighted by Gasteiger charge is -2.08. The summed E-state index contributed by atoms with van der Waals surface area (Å²) < 4.78 is 12.1. The van der Waals surface area contributed by atoms with E-state index < -0.39 is 0 Å². The van der Waals surface area contributed by atoms with E-state index in [1.54, 1.807) is 43.3 Å². The van der Waals surface area contributed by atoms with Crippen LogP contribution in [0.15, 0.2) is 48.7 Å². The highest BCUT2D eigenvalue weighted by molar-refractivity contribution is 5.95. The monoisotopic (exact) mass is 352 g/mol. The molecule has 0 fully saturated rings. The maximum Gasteiger partial charge on any atom is 0.251 e. The minimum Gasteiger partial charge on any atom is -0.497 e. The maximum atomic E-state index is 12.4. The molecule has 0 bridgehead atoms. The first-order valence-electron chi connectivity index (χ1n) is 8.06. The number of aromatic nitrogens is 3. The lowest BCUT2D eigenvalue weighted by Crippen LogP contribution is -2.23. The number of carbonyl (C=O) groups excluding carboxylic acids is 1. The molecule has 7 nitrogen and oxygen atoms in total. The lowest BCUT2D eigenvalue weighted by molar-refractivity contribution is 0.0949. The summed E-state index contributed by atoms with van der Waals surface area (Å²) in [6.45, 7) is 0.305. The molecule has 1 amide bonds. The third-order valence-corrected chi connectivity index (χ3v) is 3.90. The van der Waals surface area contributed by atoms with E-state index in [1.165, 1.54) is 0 Å². The molecule has 26 heavy (non-hydrogen) atoms. The van der Waals surface area contributed by atoms with Crippen LogP contribution in [0, 0.1) is 0 Å². The fraction of sp³-hybridized carbons (Fsp3) is 0.211. The molecule has 7 heteroatoms. The fourth-order valence-corrected chi connectivity index (χ4v) is 2.58. The van der Waals surface area contributed by atoms with Crippen LogP contribution in [-0.2, 0) is 13.6 Å². The number of aryl methyl sites for hydroxylation is 1. The number of hydrogen-bond acceptors (Lipinski definition) is 5. The maximum absolute atomic E-state index is 12.4. The molecule has 0 atom stereocenters. The zero-order valence-corrected chi connectivity index (χ0v) is 14.9. The van der Waals surface area contributed by atoms with Crippen LogP contribution >= 0.6 is 0 Å². The number of nitrogens with one attached hydrogen (secondary N) is 1. The Hall–Kier alpha value is -3.35. The molecule has 3 rings (SSSR count). The zero-order chi connectivity index (χ0) is 18.5. The Balaban J connectivity index is 1.72. The standard InChI is InChI=1S/C19H20N4O3/c1-23-18(17-6-4-5-7-20-17)10-14(22-23)12-21-19(24)13-8-15(25-2)11-16(9-13)26-3/h4-11H,12H2,1-3H3,(H,21,24). The molecule has 2 aromatic heterocycles. The molecule has 2 heterocycles. The molecule has 0 radical (unpaired) electrons. The molecule has 1 aromatic carbocycles. The van der Waals surface area contributed by atoms with Crippen LogP contribution in [0.2, 0.25) is 0 Å². The first-order valence-corrected chi connectivity index (χ1v) is 8.06. The molecule has 0 aliphatic carbocycles. The SMILES string of the molecule is COc1cc(OC)cc(C(=O)NCc2cc(-c3ccccn3)n(C)n2)c1. The first kappa shape index (κ1) is 17.5. The number of amides is 1. The van der Waals surface area contributed by atoms with Gasteiger partial charge in [-0.15, -0.1) is 0 Å². The summed E-state index contributed by atoms with van der Waals surface area (Å²) in [4.78, 5) is 16.8. The second-order valence-electron chi connectivity index (χ2n) is 5.64. The van der Waals surface area contributed by atoms with Gasteiger partial charge in [-0.05, 0) is 30.3 Å². The average Bonchev–Trinajstić information content (AvgIpc) is 3.06. The van der Waals surface area contributed by atoms with Crippen LogP contribution in [0.1, 0.15) is 16.1 Å². The van der Waals surface area contributed by atoms with Gasteiger partial charge in [0.2, 0.25) is 0 Å². The normalized spacial score (nSPS) is 10.4. The van der Waals surface area contributed by atoms with Gasteiger partial charge in [0.25, 0.3) is 5.91 Å². The highest BCUT2D eigenvalue weighted by Gasteiger charge is 2.12. The highest BCUT2D eigenvalue weighted by atomic mass is 16.5. The largest absolute Gasteiger partial charge is 0.497 e. The number of pyridine rings is 1. The van der Waals surface area contributed by atoms with E-state index in [9.17, 15) is 4.79 Å². The Morgan fingerprint density at radius 2 is 1.85 bits per heavy atom. The van der Waals surface area contributed by atoms with Crippen molar-refractivity contribution in [1.82, 2.24) is 20.1 Å². The fourth-order valence-electron chi connectivity index (χ4n) is 2.58. The number of carbonyl (C=O) groups is 1. The average molecular weight is 352 g/mol. The van der Waals surface area contributed by atoms with Gasteiger partial charge in [-0.2, -0.15) is 5.10 Å². The number of benzene rings is 1. The molecular weight excluding hydrogens is 332 g/mol. The predicted molar refractivity (Wildman–Crippen MR) is 97.2 cm³/mol. The van der Waals surface area contributed by atoms with Gasteiger partial charge in [0.05, 0.1) is 37.8 Å². The van der Waals surface area contributed by atoms with Gasteiger partial charge in [0, 0.05) is 24.9 Å². The van der Waals surface area contributed by atoms with Crippen molar-refractivity contribution in [2.45, 2.75) is 6.54 Å². The Kier molecular flexibility index (Phi) is 5.17. The third kappa shape index (κ3) is 3.83. The van der Waals surface area contributed by atoms with Crippen LogP contribution in [0.3, 0.4) is 0 Å². The number of hydrogen-bond donors (Lipinski definition) is 1. The van der Waals surface area contributed by atoms with Gasteiger partial charge >= 0.3 is 0 Å². The zero-order valence-electron chi connectivity index (χ0n) is 14.9. The summed E-state index contributed by atoms with van der Waals surface area (Å²) in [6, 6.07) is 12.7. The van der Waals surface area contributed by atoms with E-state index in [1.807, 2.05) is 31.3 Å². The second-order valence-corrected chi connectivity index (χ2v) is 5.64. The van der Waals surface area contributed by atoms with Gasteiger partial charge in [-0.25, -0.2) is 0 Å². The summed E-state index contributed by atoms with van der Waals surface area (Å²) in [7, 11) is 4.94. The smallest absolute Gasteiger partial charge is 0.251 e. The van der Waals surface area contributed by atoms with Crippen molar-refractivity contribution in [3.63, 3.8) is 0 Å². The number of nitrogens with zero attached hydrogens (tertiary/aromatic N) is 3. The van der Waals surface area contributed by atoms with Crippen molar-refractivity contribution in [2.75, 3.05) is 14.2 Å². The molecule has 134 valence electrons. The molecule has 0 saturated carbocycles. The van der Waals surface area contributed by atoms with Crippen molar-refractivity contribution in [3.05, 3.63) is 59.9 Å². The Morgan fingerprint density at radius 1 is 1.12 bits per heavy atom. The molecule has 0 aliphatic heterocycles. The summed E-state index contributed by atoms with van der Waals surface area (Å²) >= 11 is 0. The van der Waals surface area contributed by atoms with Gasteiger partial charge in [0.1, 0.15) is 11.5 Å². The molecule has 1 N–H and O–H groups in total. The molecule has 0 spiro atoms. The minimum atomic E-state index is -0.229. The van der Waals surface area contributed by atoms with Gasteiger partial charge in [0.15, 0.2) is 0 Å². The van der Waals surface area contributed by atoms with Crippen LogP contribution in [0.4, 0.5) is 0 Å². The van der Waals surface area contributed by atoms with Crippen molar-refractivity contribution >= 4 is 5.91 Å².